The van der Waals surface area contributed by atoms with Crippen LogP contribution in [0.2, 0.25) is 0 Å². The van der Waals surface area contributed by atoms with Gasteiger partial charge in [-0.15, -0.1) is 0 Å². The monoisotopic (exact) mass is 463 g/mol. The van der Waals surface area contributed by atoms with Crippen molar-refractivity contribution in [3.05, 3.63) is 28.7 Å². The molecule has 3 saturated heterocycles. The van der Waals surface area contributed by atoms with Crippen LogP contribution in [-0.2, 0) is 4.79 Å². The molecule has 0 spiro atoms. The lowest BCUT2D eigenvalue weighted by Crippen LogP contribution is -2.66. The zero-order valence-corrected chi connectivity index (χ0v) is 19.1. The number of hydrogen-bond acceptors (Lipinski definition) is 5. The van der Waals surface area contributed by atoms with E-state index in [1.165, 1.54) is 4.90 Å². The largest absolute Gasteiger partial charge is 0.343 e. The van der Waals surface area contributed by atoms with Crippen molar-refractivity contribution < 1.29 is 9.59 Å². The van der Waals surface area contributed by atoms with Gasteiger partial charge in [-0.05, 0) is 42.5 Å². The van der Waals surface area contributed by atoms with E-state index in [0.717, 1.165) is 29.7 Å². The molecule has 4 rings (SSSR count). The first-order valence-corrected chi connectivity index (χ1v) is 11.2. The minimum Gasteiger partial charge on any atom is -0.343 e. The highest BCUT2D eigenvalue weighted by atomic mass is 79.9. The normalized spacial score (nSPS) is 30.2. The predicted molar refractivity (Wildman–Crippen MR) is 116 cm³/mol. The molecule has 8 heteroatoms. The molecule has 7 nitrogen and oxygen atoms in total. The van der Waals surface area contributed by atoms with Crippen LogP contribution in [-0.4, -0.2) is 71.8 Å². The molecule has 1 aromatic rings. The smallest absolute Gasteiger partial charge is 0.327 e. The van der Waals surface area contributed by atoms with E-state index in [0.29, 0.717) is 18.4 Å². The van der Waals surface area contributed by atoms with Crippen LogP contribution in [0, 0.1) is 11.8 Å². The standard InChI is InChI=1S/C21H30BrN5O2/c1-13(2)9-10-25-19(28)17-18(24(4)21(25)29)23-20-26(11-14(3)12-27(17)20)16-7-5-15(22)6-8-16/h5-8,13-14,17-18,20,23H,9-12H2,1-4H3. The minimum atomic E-state index is -0.351. The highest BCUT2D eigenvalue weighted by Gasteiger charge is 2.56. The first-order chi connectivity index (χ1) is 13.8. The molecule has 158 valence electrons. The van der Waals surface area contributed by atoms with Gasteiger partial charge in [-0.1, -0.05) is 36.7 Å². The highest BCUT2D eigenvalue weighted by molar-refractivity contribution is 9.10. The Morgan fingerprint density at radius 1 is 1.17 bits per heavy atom. The van der Waals surface area contributed by atoms with Gasteiger partial charge >= 0.3 is 6.03 Å². The topological polar surface area (TPSA) is 59.1 Å². The van der Waals surface area contributed by atoms with E-state index in [1.54, 1.807) is 11.9 Å². The van der Waals surface area contributed by atoms with Crippen molar-refractivity contribution in [2.24, 2.45) is 11.8 Å². The Morgan fingerprint density at radius 3 is 2.52 bits per heavy atom. The second-order valence-corrected chi connectivity index (χ2v) is 9.84. The van der Waals surface area contributed by atoms with Gasteiger partial charge in [-0.3, -0.25) is 19.9 Å². The lowest BCUT2D eigenvalue weighted by molar-refractivity contribution is -0.139. The third-order valence-electron chi connectivity index (χ3n) is 6.17. The van der Waals surface area contributed by atoms with E-state index < -0.39 is 0 Å². The van der Waals surface area contributed by atoms with Crippen molar-refractivity contribution in [3.63, 3.8) is 0 Å². The molecule has 3 aliphatic rings. The summed E-state index contributed by atoms with van der Waals surface area (Å²) in [6.45, 7) is 8.65. The number of carbonyl (C=O) groups is 2. The van der Waals surface area contributed by atoms with Gasteiger partial charge in [-0.25, -0.2) is 4.79 Å². The molecular weight excluding hydrogens is 434 g/mol. The number of imide groups is 1. The summed E-state index contributed by atoms with van der Waals surface area (Å²) >= 11 is 3.50. The lowest BCUT2D eigenvalue weighted by atomic mass is 10.0. The lowest BCUT2D eigenvalue weighted by Gasteiger charge is -2.46. The van der Waals surface area contributed by atoms with E-state index in [-0.39, 0.29) is 30.4 Å². The summed E-state index contributed by atoms with van der Waals surface area (Å²) in [7, 11) is 1.80. The summed E-state index contributed by atoms with van der Waals surface area (Å²) in [5.74, 6) is 0.782. The van der Waals surface area contributed by atoms with Crippen LogP contribution in [0.25, 0.3) is 0 Å². The van der Waals surface area contributed by atoms with E-state index in [9.17, 15) is 9.59 Å². The first kappa shape index (κ1) is 20.6. The van der Waals surface area contributed by atoms with Crippen molar-refractivity contribution >= 4 is 33.6 Å². The SMILES string of the molecule is CC(C)CCN1C(=O)C2C(NC3N(c4ccc(Br)cc4)CC(C)CN23)N(C)C1=O. The molecule has 0 aliphatic carbocycles. The van der Waals surface area contributed by atoms with Gasteiger partial charge in [0.15, 0.2) is 0 Å². The number of carbonyl (C=O) groups excluding carboxylic acids is 2. The Balaban J connectivity index is 1.63. The molecule has 0 saturated carbocycles. The molecular formula is C21H30BrN5O2. The number of hydrogen-bond donors (Lipinski definition) is 1. The van der Waals surface area contributed by atoms with Crippen LogP contribution < -0.4 is 10.2 Å². The average molecular weight is 464 g/mol. The summed E-state index contributed by atoms with van der Waals surface area (Å²) in [5.41, 5.74) is 1.11. The number of anilines is 1. The minimum absolute atomic E-state index is 0.0707. The van der Waals surface area contributed by atoms with Crippen LogP contribution in [0.5, 0.6) is 0 Å². The molecule has 0 radical (unpaired) electrons. The molecule has 3 amide bonds. The van der Waals surface area contributed by atoms with Crippen molar-refractivity contribution in [2.75, 3.05) is 31.6 Å². The number of nitrogens with one attached hydrogen (secondary N) is 1. The molecule has 1 N–H and O–H groups in total. The van der Waals surface area contributed by atoms with Crippen LogP contribution in [0.15, 0.2) is 28.7 Å². The summed E-state index contributed by atoms with van der Waals surface area (Å²) in [5, 5.41) is 3.57. The van der Waals surface area contributed by atoms with E-state index in [1.807, 2.05) is 12.1 Å². The van der Waals surface area contributed by atoms with Crippen molar-refractivity contribution in [3.8, 4) is 0 Å². The molecule has 3 fully saturated rings. The summed E-state index contributed by atoms with van der Waals surface area (Å²) in [6, 6.07) is 7.71. The van der Waals surface area contributed by atoms with Gasteiger partial charge < -0.3 is 9.80 Å². The number of fused-ring (bicyclic) bond motifs is 3. The quantitative estimate of drug-likeness (QED) is 0.743. The van der Waals surface area contributed by atoms with Crippen LogP contribution in [0.1, 0.15) is 27.2 Å². The van der Waals surface area contributed by atoms with E-state index in [4.69, 9.17) is 0 Å². The molecule has 4 atom stereocenters. The Morgan fingerprint density at radius 2 is 1.86 bits per heavy atom. The zero-order chi connectivity index (χ0) is 20.9. The van der Waals surface area contributed by atoms with Crippen molar-refractivity contribution in [1.82, 2.24) is 20.0 Å². The number of halogens is 1. The molecule has 3 heterocycles. The number of likely N-dealkylation sites (N-methyl/N-ethyl adjacent to an activating group) is 1. The molecule has 1 aromatic carbocycles. The number of nitrogens with zero attached hydrogens (tertiary/aromatic N) is 4. The van der Waals surface area contributed by atoms with Gasteiger partial charge in [0, 0.05) is 36.8 Å². The molecule has 0 bridgehead atoms. The maximum atomic E-state index is 13.4. The summed E-state index contributed by atoms with van der Waals surface area (Å²) < 4.78 is 1.04. The Hall–Kier alpha value is -1.64. The fourth-order valence-electron chi connectivity index (χ4n) is 4.64. The third kappa shape index (κ3) is 3.66. The number of urea groups is 1. The van der Waals surface area contributed by atoms with E-state index in [2.05, 4.69) is 64.0 Å². The van der Waals surface area contributed by atoms with Gasteiger partial charge in [0.1, 0.15) is 18.5 Å². The van der Waals surface area contributed by atoms with Crippen LogP contribution in [0.3, 0.4) is 0 Å². The van der Waals surface area contributed by atoms with Gasteiger partial charge in [0.2, 0.25) is 0 Å². The van der Waals surface area contributed by atoms with Gasteiger partial charge in [0.05, 0.1) is 0 Å². The predicted octanol–water partition coefficient (Wildman–Crippen LogP) is 2.73. The fourth-order valence-corrected chi connectivity index (χ4v) is 4.91. The summed E-state index contributed by atoms with van der Waals surface area (Å²) in [4.78, 5) is 34.0. The second kappa shape index (κ2) is 7.89. The van der Waals surface area contributed by atoms with Crippen LogP contribution in [0.4, 0.5) is 10.5 Å². The van der Waals surface area contributed by atoms with E-state index >= 15 is 0 Å². The number of amides is 3. The Bertz CT molecular complexity index is 786. The number of rotatable bonds is 4. The number of benzene rings is 1. The Labute approximate surface area is 181 Å². The average Bonchev–Trinajstić information content (AvgIpc) is 3.05. The second-order valence-electron chi connectivity index (χ2n) is 8.93. The first-order valence-electron chi connectivity index (χ1n) is 10.4. The Kier molecular flexibility index (Phi) is 5.61. The van der Waals surface area contributed by atoms with Crippen LogP contribution >= 0.6 is 15.9 Å². The fraction of sp³-hybridized carbons (Fsp3) is 0.619. The molecule has 0 aromatic heterocycles. The van der Waals surface area contributed by atoms with Crippen molar-refractivity contribution in [1.29, 1.82) is 0 Å². The van der Waals surface area contributed by atoms with Gasteiger partial charge in [-0.2, -0.15) is 0 Å². The molecule has 29 heavy (non-hydrogen) atoms. The summed E-state index contributed by atoms with van der Waals surface area (Å²) in [6.07, 6.45) is 0.409. The maximum absolute atomic E-state index is 13.4. The molecule has 4 unspecified atom stereocenters. The zero-order valence-electron chi connectivity index (χ0n) is 17.5. The van der Waals surface area contributed by atoms with Crippen molar-refractivity contribution in [2.45, 2.75) is 45.7 Å². The third-order valence-corrected chi connectivity index (χ3v) is 6.70. The molecule has 3 aliphatic heterocycles. The highest BCUT2D eigenvalue weighted by Crippen LogP contribution is 2.34. The van der Waals surface area contributed by atoms with Gasteiger partial charge in [0.25, 0.3) is 5.91 Å². The maximum Gasteiger partial charge on any atom is 0.327 e.